The molecule has 2 aromatic rings. The Hall–Kier alpha value is -1.22. The van der Waals surface area contributed by atoms with Crippen molar-refractivity contribution >= 4 is 11.8 Å². The van der Waals surface area contributed by atoms with Crippen LogP contribution in [0.4, 0.5) is 0 Å². The molecule has 0 radical (unpaired) electrons. The summed E-state index contributed by atoms with van der Waals surface area (Å²) in [4.78, 5) is 8.08. The monoisotopic (exact) mass is 260 g/mol. The number of benzene rings is 1. The van der Waals surface area contributed by atoms with Crippen molar-refractivity contribution in [2.24, 2.45) is 0 Å². The van der Waals surface area contributed by atoms with Crippen molar-refractivity contribution in [2.75, 3.05) is 0 Å². The van der Waals surface area contributed by atoms with Crippen LogP contribution in [-0.4, -0.2) is 15.2 Å². The van der Waals surface area contributed by atoms with Crippen LogP contribution < -0.4 is 0 Å². The highest BCUT2D eigenvalue weighted by molar-refractivity contribution is 7.99. The minimum atomic E-state index is 0.611. The van der Waals surface area contributed by atoms with Crippen LogP contribution in [0.5, 0.6) is 0 Å². The van der Waals surface area contributed by atoms with Crippen molar-refractivity contribution in [3.05, 3.63) is 47.3 Å². The van der Waals surface area contributed by atoms with Crippen LogP contribution in [0, 0.1) is 6.92 Å². The van der Waals surface area contributed by atoms with E-state index in [0.717, 1.165) is 17.3 Å². The zero-order valence-corrected chi connectivity index (χ0v) is 12.1. The fourth-order valence-electron chi connectivity index (χ4n) is 1.76. The van der Waals surface area contributed by atoms with Crippen LogP contribution >= 0.6 is 11.8 Å². The van der Waals surface area contributed by atoms with Crippen LogP contribution in [0.1, 0.15) is 37.2 Å². The topological polar surface area (TPSA) is 28.7 Å². The van der Waals surface area contributed by atoms with E-state index in [-0.39, 0.29) is 0 Å². The van der Waals surface area contributed by atoms with Gasteiger partial charge in [0, 0.05) is 17.4 Å². The maximum absolute atomic E-state index is 4.70. The van der Waals surface area contributed by atoms with E-state index in [0.29, 0.717) is 5.25 Å². The second-order valence-electron chi connectivity index (χ2n) is 4.61. The van der Waals surface area contributed by atoms with E-state index in [2.05, 4.69) is 50.0 Å². The van der Waals surface area contributed by atoms with Gasteiger partial charge in [0.05, 0.1) is 5.69 Å². The SMILES string of the molecule is CCC(C)Sc1nc(Cc2ccccc2)c(C)[nH]1. The number of nitrogens with zero attached hydrogens (tertiary/aromatic N) is 1. The highest BCUT2D eigenvalue weighted by Crippen LogP contribution is 2.24. The summed E-state index contributed by atoms with van der Waals surface area (Å²) in [6, 6.07) is 10.5. The second kappa shape index (κ2) is 6.10. The number of aromatic nitrogens is 2. The largest absolute Gasteiger partial charge is 0.337 e. The van der Waals surface area contributed by atoms with E-state index in [1.165, 1.54) is 17.7 Å². The van der Waals surface area contributed by atoms with Crippen LogP contribution in [0.3, 0.4) is 0 Å². The zero-order valence-electron chi connectivity index (χ0n) is 11.2. The van der Waals surface area contributed by atoms with Gasteiger partial charge in [-0.05, 0) is 18.9 Å². The van der Waals surface area contributed by atoms with Gasteiger partial charge < -0.3 is 4.98 Å². The molecule has 1 heterocycles. The molecule has 1 aromatic carbocycles. The summed E-state index contributed by atoms with van der Waals surface area (Å²) in [5.41, 5.74) is 3.66. The van der Waals surface area contributed by atoms with Crippen LogP contribution in [0.15, 0.2) is 35.5 Å². The molecule has 0 aliphatic heterocycles. The maximum Gasteiger partial charge on any atom is 0.166 e. The molecule has 0 aliphatic carbocycles. The van der Waals surface area contributed by atoms with Gasteiger partial charge in [-0.25, -0.2) is 4.98 Å². The van der Waals surface area contributed by atoms with E-state index < -0.39 is 0 Å². The number of hydrogen-bond donors (Lipinski definition) is 1. The third-order valence-electron chi connectivity index (χ3n) is 3.07. The molecule has 96 valence electrons. The summed E-state index contributed by atoms with van der Waals surface area (Å²) < 4.78 is 0. The summed E-state index contributed by atoms with van der Waals surface area (Å²) >= 11 is 1.82. The van der Waals surface area contributed by atoms with E-state index in [9.17, 15) is 0 Å². The number of imidazole rings is 1. The molecular weight excluding hydrogens is 240 g/mol. The first-order chi connectivity index (χ1) is 8.69. The lowest BCUT2D eigenvalue weighted by Gasteiger charge is -2.03. The molecule has 0 amide bonds. The molecule has 3 heteroatoms. The van der Waals surface area contributed by atoms with Gasteiger partial charge >= 0.3 is 0 Å². The third-order valence-corrected chi connectivity index (χ3v) is 4.22. The number of H-pyrrole nitrogens is 1. The number of hydrogen-bond acceptors (Lipinski definition) is 2. The first kappa shape index (κ1) is 13.2. The second-order valence-corrected chi connectivity index (χ2v) is 6.04. The summed E-state index contributed by atoms with van der Waals surface area (Å²) in [6.45, 7) is 6.55. The Morgan fingerprint density at radius 1 is 1.28 bits per heavy atom. The Kier molecular flexibility index (Phi) is 4.48. The van der Waals surface area contributed by atoms with Crippen molar-refractivity contribution < 1.29 is 0 Å². The van der Waals surface area contributed by atoms with Crippen LogP contribution in [0.25, 0.3) is 0 Å². The molecule has 2 nitrogen and oxygen atoms in total. The maximum atomic E-state index is 4.70. The Labute approximate surface area is 113 Å². The Balaban J connectivity index is 2.10. The number of aromatic amines is 1. The van der Waals surface area contributed by atoms with E-state index in [1.807, 2.05) is 17.8 Å². The number of thioether (sulfide) groups is 1. The lowest BCUT2D eigenvalue weighted by atomic mass is 10.1. The summed E-state index contributed by atoms with van der Waals surface area (Å²) in [7, 11) is 0. The van der Waals surface area contributed by atoms with Gasteiger partial charge in [0.15, 0.2) is 5.16 Å². The van der Waals surface area contributed by atoms with Gasteiger partial charge in [-0.1, -0.05) is 55.9 Å². The first-order valence-electron chi connectivity index (χ1n) is 6.45. The van der Waals surface area contributed by atoms with Crippen LogP contribution in [0.2, 0.25) is 0 Å². The molecule has 1 unspecified atom stereocenters. The summed E-state index contributed by atoms with van der Waals surface area (Å²) in [6.07, 6.45) is 2.07. The zero-order chi connectivity index (χ0) is 13.0. The molecule has 0 spiro atoms. The Morgan fingerprint density at radius 3 is 2.67 bits per heavy atom. The van der Waals surface area contributed by atoms with E-state index in [4.69, 9.17) is 4.98 Å². The van der Waals surface area contributed by atoms with Gasteiger partial charge in [-0.3, -0.25) is 0 Å². The molecule has 0 bridgehead atoms. The molecule has 0 saturated heterocycles. The predicted molar refractivity (Wildman–Crippen MR) is 78.2 cm³/mol. The van der Waals surface area contributed by atoms with E-state index in [1.54, 1.807) is 0 Å². The van der Waals surface area contributed by atoms with Gasteiger partial charge in [-0.2, -0.15) is 0 Å². The average molecular weight is 260 g/mol. The highest BCUT2D eigenvalue weighted by atomic mass is 32.2. The lowest BCUT2D eigenvalue weighted by molar-refractivity contribution is 0.892. The minimum absolute atomic E-state index is 0.611. The number of rotatable bonds is 5. The van der Waals surface area contributed by atoms with Crippen molar-refractivity contribution in [3.63, 3.8) is 0 Å². The van der Waals surface area contributed by atoms with Crippen molar-refractivity contribution in [1.29, 1.82) is 0 Å². The van der Waals surface area contributed by atoms with Crippen molar-refractivity contribution in [2.45, 2.75) is 44.0 Å². The Morgan fingerprint density at radius 2 is 2.00 bits per heavy atom. The highest BCUT2D eigenvalue weighted by Gasteiger charge is 2.10. The molecule has 18 heavy (non-hydrogen) atoms. The number of nitrogens with one attached hydrogen (secondary N) is 1. The van der Waals surface area contributed by atoms with Crippen LogP contribution in [-0.2, 0) is 6.42 Å². The fourth-order valence-corrected chi connectivity index (χ4v) is 2.68. The summed E-state index contributed by atoms with van der Waals surface area (Å²) in [5.74, 6) is 0. The first-order valence-corrected chi connectivity index (χ1v) is 7.33. The molecule has 0 fully saturated rings. The van der Waals surface area contributed by atoms with Crippen molar-refractivity contribution in [3.8, 4) is 0 Å². The molecule has 1 aromatic heterocycles. The molecular formula is C15H20N2S. The third kappa shape index (κ3) is 3.39. The molecule has 0 saturated carbocycles. The molecule has 1 atom stereocenters. The standard InChI is InChI=1S/C15H20N2S/c1-4-11(2)18-15-16-12(3)14(17-15)10-13-8-6-5-7-9-13/h5-9,11H,4,10H2,1-3H3,(H,16,17). The van der Waals surface area contributed by atoms with Gasteiger partial charge in [0.2, 0.25) is 0 Å². The van der Waals surface area contributed by atoms with Gasteiger partial charge in [0.1, 0.15) is 0 Å². The Bertz CT molecular complexity index is 490. The van der Waals surface area contributed by atoms with Gasteiger partial charge in [0.25, 0.3) is 0 Å². The predicted octanol–water partition coefficient (Wildman–Crippen LogP) is 4.20. The van der Waals surface area contributed by atoms with Crippen molar-refractivity contribution in [1.82, 2.24) is 9.97 Å². The fraction of sp³-hybridized carbons (Fsp3) is 0.400. The normalized spacial score (nSPS) is 12.6. The van der Waals surface area contributed by atoms with E-state index >= 15 is 0 Å². The smallest absolute Gasteiger partial charge is 0.166 e. The molecule has 2 rings (SSSR count). The average Bonchev–Trinajstić information content (AvgIpc) is 2.71. The quantitative estimate of drug-likeness (QED) is 0.816. The minimum Gasteiger partial charge on any atom is -0.337 e. The van der Waals surface area contributed by atoms with Gasteiger partial charge in [-0.15, -0.1) is 0 Å². The lowest BCUT2D eigenvalue weighted by Crippen LogP contribution is -1.93. The molecule has 0 aliphatic rings. The summed E-state index contributed by atoms with van der Waals surface area (Å²) in [5, 5.41) is 1.66. The number of aryl methyl sites for hydroxylation is 1. The molecule has 1 N–H and O–H groups in total.